The number of aromatic hydroxyl groups is 2. The van der Waals surface area contributed by atoms with Gasteiger partial charge in [0.25, 0.3) is 0 Å². The van der Waals surface area contributed by atoms with Gasteiger partial charge in [0.2, 0.25) is 0 Å². The second kappa shape index (κ2) is 8.82. The zero-order chi connectivity index (χ0) is 21.8. The van der Waals surface area contributed by atoms with Crippen LogP contribution in [0.5, 0.6) is 11.5 Å². The van der Waals surface area contributed by atoms with Crippen LogP contribution in [0.15, 0.2) is 75.0 Å². The van der Waals surface area contributed by atoms with Crippen LogP contribution in [0, 0.1) is 0 Å². The SMILES string of the molecule is CC(C)=CCC/C(C)=C/C(=O)c1c(O)cc2oc(-c3ccccc3)cc(=O)c2c1O. The molecule has 3 rings (SSSR count). The van der Waals surface area contributed by atoms with E-state index in [0.717, 1.165) is 12.0 Å². The molecule has 0 amide bonds. The number of fused-ring (bicyclic) bond motifs is 1. The zero-order valence-corrected chi connectivity index (χ0v) is 17.2. The Morgan fingerprint density at radius 2 is 1.77 bits per heavy atom. The third-order valence-corrected chi connectivity index (χ3v) is 4.75. The molecular weight excluding hydrogens is 380 g/mol. The predicted octanol–water partition coefficient (Wildman–Crippen LogP) is 5.75. The molecule has 0 atom stereocenters. The maximum Gasteiger partial charge on any atom is 0.197 e. The largest absolute Gasteiger partial charge is 0.507 e. The first kappa shape index (κ1) is 21.1. The number of carbonyl (C=O) groups is 1. The first-order valence-corrected chi connectivity index (χ1v) is 9.71. The van der Waals surface area contributed by atoms with Crippen LogP contribution in [0.3, 0.4) is 0 Å². The summed E-state index contributed by atoms with van der Waals surface area (Å²) in [6.07, 6.45) is 4.91. The fraction of sp³-hybridized carbons (Fsp3) is 0.200. The van der Waals surface area contributed by atoms with Crippen molar-refractivity contribution >= 4 is 16.8 Å². The summed E-state index contributed by atoms with van der Waals surface area (Å²) < 4.78 is 5.73. The molecule has 2 N–H and O–H groups in total. The third kappa shape index (κ3) is 4.51. The van der Waals surface area contributed by atoms with Gasteiger partial charge in [-0.1, -0.05) is 47.6 Å². The van der Waals surface area contributed by atoms with Crippen molar-refractivity contribution in [1.29, 1.82) is 0 Å². The second-order valence-corrected chi connectivity index (χ2v) is 7.51. The molecule has 5 nitrogen and oxygen atoms in total. The highest BCUT2D eigenvalue weighted by Crippen LogP contribution is 2.36. The molecule has 1 aromatic heterocycles. The standard InChI is InChI=1S/C25H24O5/c1-15(2)8-7-9-16(3)12-18(26)23-19(27)14-22-24(25(23)29)20(28)13-21(30-22)17-10-5-4-6-11-17/h4-6,8,10-14,27,29H,7,9H2,1-3H3/b16-12+. The Labute approximate surface area is 174 Å². The number of phenolic OH excluding ortho intramolecular Hbond substituents is 2. The normalized spacial score (nSPS) is 11.5. The molecule has 0 saturated carbocycles. The van der Waals surface area contributed by atoms with E-state index in [2.05, 4.69) is 6.08 Å². The summed E-state index contributed by atoms with van der Waals surface area (Å²) in [6, 6.07) is 11.5. The third-order valence-electron chi connectivity index (χ3n) is 4.75. The van der Waals surface area contributed by atoms with Crippen LogP contribution in [0.1, 0.15) is 44.0 Å². The first-order chi connectivity index (χ1) is 14.3. The quantitative estimate of drug-likeness (QED) is 0.310. The van der Waals surface area contributed by atoms with E-state index in [1.54, 1.807) is 12.1 Å². The lowest BCUT2D eigenvalue weighted by molar-refractivity contribution is 0.104. The Morgan fingerprint density at radius 3 is 2.43 bits per heavy atom. The van der Waals surface area contributed by atoms with Gasteiger partial charge >= 0.3 is 0 Å². The minimum Gasteiger partial charge on any atom is -0.507 e. The van der Waals surface area contributed by atoms with Crippen LogP contribution < -0.4 is 5.43 Å². The summed E-state index contributed by atoms with van der Waals surface area (Å²) in [6.45, 7) is 5.82. The van der Waals surface area contributed by atoms with Gasteiger partial charge in [-0.2, -0.15) is 0 Å². The summed E-state index contributed by atoms with van der Waals surface area (Å²) in [5.41, 5.74) is 1.90. The van der Waals surface area contributed by atoms with Crippen LogP contribution >= 0.6 is 0 Å². The zero-order valence-electron chi connectivity index (χ0n) is 17.2. The Hall–Kier alpha value is -3.60. The average Bonchev–Trinajstić information content (AvgIpc) is 2.67. The van der Waals surface area contributed by atoms with Crippen LogP contribution in [0.25, 0.3) is 22.3 Å². The number of hydrogen-bond donors (Lipinski definition) is 2. The van der Waals surface area contributed by atoms with E-state index in [0.29, 0.717) is 17.7 Å². The highest BCUT2D eigenvalue weighted by atomic mass is 16.3. The van der Waals surface area contributed by atoms with Gasteiger partial charge in [0.1, 0.15) is 33.8 Å². The van der Waals surface area contributed by atoms with Crippen molar-refractivity contribution in [3.63, 3.8) is 0 Å². The van der Waals surface area contributed by atoms with Gasteiger partial charge in [-0.15, -0.1) is 0 Å². The number of phenols is 2. The van der Waals surface area contributed by atoms with Gasteiger partial charge in [-0.25, -0.2) is 0 Å². The smallest absolute Gasteiger partial charge is 0.197 e. The van der Waals surface area contributed by atoms with Crippen molar-refractivity contribution in [2.45, 2.75) is 33.6 Å². The molecule has 3 aromatic rings. The molecule has 0 aliphatic rings. The molecule has 5 heteroatoms. The van der Waals surface area contributed by atoms with E-state index in [9.17, 15) is 19.8 Å². The minimum absolute atomic E-state index is 0.0113. The summed E-state index contributed by atoms with van der Waals surface area (Å²) in [5.74, 6) is -1.27. The maximum absolute atomic E-state index is 12.7. The topological polar surface area (TPSA) is 87.7 Å². The molecule has 0 radical (unpaired) electrons. The summed E-state index contributed by atoms with van der Waals surface area (Å²) in [5, 5.41) is 20.9. The molecule has 0 saturated heterocycles. The number of benzene rings is 2. The number of hydrogen-bond acceptors (Lipinski definition) is 5. The Kier molecular flexibility index (Phi) is 6.21. The molecule has 30 heavy (non-hydrogen) atoms. The molecule has 0 aliphatic heterocycles. The Morgan fingerprint density at radius 1 is 1.07 bits per heavy atom. The van der Waals surface area contributed by atoms with Crippen LogP contribution in [-0.4, -0.2) is 16.0 Å². The highest BCUT2D eigenvalue weighted by Gasteiger charge is 2.22. The number of ketones is 1. The lowest BCUT2D eigenvalue weighted by Gasteiger charge is -2.09. The van der Waals surface area contributed by atoms with Gasteiger partial charge in [0.15, 0.2) is 11.2 Å². The monoisotopic (exact) mass is 404 g/mol. The molecular formula is C25H24O5. The van der Waals surface area contributed by atoms with Crippen molar-refractivity contribution in [2.24, 2.45) is 0 Å². The van der Waals surface area contributed by atoms with Crippen molar-refractivity contribution in [3.05, 3.63) is 81.5 Å². The van der Waals surface area contributed by atoms with Gasteiger partial charge < -0.3 is 14.6 Å². The molecule has 0 spiro atoms. The maximum atomic E-state index is 12.7. The lowest BCUT2D eigenvalue weighted by Crippen LogP contribution is -2.05. The van der Waals surface area contributed by atoms with E-state index in [4.69, 9.17) is 4.42 Å². The second-order valence-electron chi connectivity index (χ2n) is 7.51. The van der Waals surface area contributed by atoms with Crippen molar-refractivity contribution < 1.29 is 19.4 Å². The van der Waals surface area contributed by atoms with Gasteiger partial charge in [0, 0.05) is 17.7 Å². The number of rotatable bonds is 6. The molecule has 1 heterocycles. The molecule has 0 unspecified atom stereocenters. The number of carbonyl (C=O) groups excluding carboxylic acids is 1. The number of allylic oxidation sites excluding steroid dienone is 4. The Balaban J connectivity index is 2.03. The molecule has 0 aliphatic carbocycles. The summed E-state index contributed by atoms with van der Waals surface area (Å²) >= 11 is 0. The van der Waals surface area contributed by atoms with E-state index < -0.39 is 22.7 Å². The van der Waals surface area contributed by atoms with Gasteiger partial charge in [-0.05, 0) is 39.7 Å². The van der Waals surface area contributed by atoms with Crippen LogP contribution in [0.2, 0.25) is 0 Å². The van der Waals surface area contributed by atoms with Crippen LogP contribution in [0.4, 0.5) is 0 Å². The van der Waals surface area contributed by atoms with Gasteiger partial charge in [0.05, 0.1) is 0 Å². The lowest BCUT2D eigenvalue weighted by atomic mass is 10.0. The van der Waals surface area contributed by atoms with Crippen molar-refractivity contribution in [3.8, 4) is 22.8 Å². The molecule has 154 valence electrons. The van der Waals surface area contributed by atoms with Gasteiger partial charge in [-0.3, -0.25) is 9.59 Å². The molecule has 0 bridgehead atoms. The van der Waals surface area contributed by atoms with E-state index in [-0.39, 0.29) is 16.5 Å². The summed E-state index contributed by atoms with van der Waals surface area (Å²) in [7, 11) is 0. The highest BCUT2D eigenvalue weighted by molar-refractivity contribution is 6.12. The van der Waals surface area contributed by atoms with Crippen molar-refractivity contribution in [1.82, 2.24) is 0 Å². The molecule has 2 aromatic carbocycles. The Bertz CT molecular complexity index is 1210. The minimum atomic E-state index is -0.572. The predicted molar refractivity (Wildman–Crippen MR) is 118 cm³/mol. The first-order valence-electron chi connectivity index (χ1n) is 9.71. The van der Waals surface area contributed by atoms with E-state index >= 15 is 0 Å². The fourth-order valence-electron chi connectivity index (χ4n) is 3.23. The van der Waals surface area contributed by atoms with Crippen LogP contribution in [-0.2, 0) is 0 Å². The molecule has 0 fully saturated rings. The fourth-order valence-corrected chi connectivity index (χ4v) is 3.23. The van der Waals surface area contributed by atoms with Crippen molar-refractivity contribution in [2.75, 3.05) is 0 Å². The summed E-state index contributed by atoms with van der Waals surface area (Å²) in [4.78, 5) is 25.4. The van der Waals surface area contributed by atoms with E-state index in [1.807, 2.05) is 39.0 Å². The van der Waals surface area contributed by atoms with E-state index in [1.165, 1.54) is 23.8 Å². The average molecular weight is 404 g/mol.